The van der Waals surface area contributed by atoms with Crippen LogP contribution in [0.4, 0.5) is 0 Å². The number of carboxylic acids is 1. The number of sulfonamides is 1. The molecule has 10 nitrogen and oxygen atoms in total. The monoisotopic (exact) mass is 597 g/mol. The van der Waals surface area contributed by atoms with Crippen LogP contribution in [0.15, 0.2) is 73.1 Å². The number of aliphatic hydroxyl groups is 1. The van der Waals surface area contributed by atoms with E-state index in [-0.39, 0.29) is 25.6 Å². The summed E-state index contributed by atoms with van der Waals surface area (Å²) in [5.74, 6) is -2.77. The normalized spacial score (nSPS) is 21.8. The van der Waals surface area contributed by atoms with Crippen LogP contribution in [-0.4, -0.2) is 66.5 Å². The van der Waals surface area contributed by atoms with Gasteiger partial charge in [-0.25, -0.2) is 8.42 Å². The number of carbonyl (C=O) groups is 2. The molecule has 0 aliphatic heterocycles. The predicted molar refractivity (Wildman–Crippen MR) is 159 cm³/mol. The van der Waals surface area contributed by atoms with Crippen molar-refractivity contribution in [3.8, 4) is 0 Å². The number of pyridine rings is 1. The summed E-state index contributed by atoms with van der Waals surface area (Å²) in [6.07, 6.45) is 11.3. The Kier molecular flexibility index (Phi) is 11.0. The summed E-state index contributed by atoms with van der Waals surface area (Å²) in [4.78, 5) is 29.0. The van der Waals surface area contributed by atoms with E-state index in [2.05, 4.69) is 15.0 Å². The molecule has 1 fully saturated rings. The number of hydrogen-bond acceptors (Lipinski definition) is 8. The molecule has 1 heterocycles. The third kappa shape index (κ3) is 8.57. The summed E-state index contributed by atoms with van der Waals surface area (Å²) >= 11 is 0. The lowest BCUT2D eigenvalue weighted by Crippen LogP contribution is -2.53. The van der Waals surface area contributed by atoms with Gasteiger partial charge in [-0.15, -0.1) is 0 Å². The fraction of sp³-hybridized carbons (Fsp3) is 0.452. The Morgan fingerprint density at radius 2 is 1.86 bits per heavy atom. The molecule has 0 bridgehead atoms. The maximum atomic E-state index is 13.9. The Morgan fingerprint density at radius 1 is 1.10 bits per heavy atom. The lowest BCUT2D eigenvalue weighted by Gasteiger charge is -2.40. The van der Waals surface area contributed by atoms with Gasteiger partial charge in [0.1, 0.15) is 0 Å². The summed E-state index contributed by atoms with van der Waals surface area (Å²) in [5.41, 5.74) is 1.03. The van der Waals surface area contributed by atoms with Crippen molar-refractivity contribution in [2.45, 2.75) is 63.3 Å². The van der Waals surface area contributed by atoms with Gasteiger partial charge in [0.25, 0.3) is 0 Å². The number of carbonyl (C=O) groups excluding carboxylic acids is 1. The van der Waals surface area contributed by atoms with Gasteiger partial charge in [-0.2, -0.15) is 0 Å². The Labute approximate surface area is 247 Å². The molecule has 3 atom stereocenters. The van der Waals surface area contributed by atoms with E-state index < -0.39 is 51.7 Å². The highest BCUT2D eigenvalue weighted by atomic mass is 32.2. The number of rotatable bonds is 14. The van der Waals surface area contributed by atoms with E-state index in [0.29, 0.717) is 5.56 Å². The van der Waals surface area contributed by atoms with Crippen molar-refractivity contribution in [3.05, 3.63) is 84.2 Å². The minimum atomic E-state index is -4.22. The Balaban J connectivity index is 1.61. The first kappa shape index (κ1) is 31.6. The third-order valence-corrected chi connectivity index (χ3v) is 9.01. The number of benzene rings is 1. The Hall–Kier alpha value is -3.38. The zero-order valence-corrected chi connectivity index (χ0v) is 24.3. The zero-order chi connectivity index (χ0) is 30.0. The molecule has 4 rings (SSSR count). The van der Waals surface area contributed by atoms with Crippen molar-refractivity contribution in [1.29, 1.82) is 0 Å². The summed E-state index contributed by atoms with van der Waals surface area (Å²) in [5, 5.41) is 22.7. The van der Waals surface area contributed by atoms with E-state index in [1.54, 1.807) is 30.6 Å². The van der Waals surface area contributed by atoms with Crippen LogP contribution in [0.25, 0.3) is 5.57 Å². The van der Waals surface area contributed by atoms with Crippen LogP contribution < -0.4 is 10.0 Å². The highest BCUT2D eigenvalue weighted by Crippen LogP contribution is 2.40. The van der Waals surface area contributed by atoms with E-state index in [9.17, 15) is 23.1 Å². The SMILES string of the molecule is O=C(O)CCS(=O)(=O)NC(=O)C1(CCNC[C@H](O)c2cccnc2)C=CC(c2ccccc2)=CC1OC1CCCCC1. The average Bonchev–Trinajstić information content (AvgIpc) is 3.00. The molecule has 0 spiro atoms. The molecule has 2 aliphatic carbocycles. The van der Waals surface area contributed by atoms with E-state index in [4.69, 9.17) is 9.84 Å². The number of hydrogen-bond donors (Lipinski definition) is 4. The molecular formula is C31H39N3O7S. The molecule has 42 heavy (non-hydrogen) atoms. The zero-order valence-electron chi connectivity index (χ0n) is 23.5. The molecule has 1 amide bonds. The smallest absolute Gasteiger partial charge is 0.304 e. The van der Waals surface area contributed by atoms with Crippen molar-refractivity contribution < 1.29 is 33.0 Å². The number of ether oxygens (including phenoxy) is 1. The Bertz CT molecular complexity index is 1360. The molecule has 226 valence electrons. The lowest BCUT2D eigenvalue weighted by atomic mass is 9.73. The Morgan fingerprint density at radius 3 is 2.55 bits per heavy atom. The molecule has 2 aromatic rings. The third-order valence-electron chi connectivity index (χ3n) is 7.78. The first-order chi connectivity index (χ1) is 20.2. The topological polar surface area (TPSA) is 155 Å². The molecule has 2 aliphatic rings. The quantitative estimate of drug-likeness (QED) is 0.240. The van der Waals surface area contributed by atoms with Crippen LogP contribution in [0.1, 0.15) is 62.2 Å². The molecule has 4 N–H and O–H groups in total. The number of nitrogens with one attached hydrogen (secondary N) is 2. The number of aliphatic carboxylic acids is 1. The second-order valence-electron chi connectivity index (χ2n) is 10.8. The molecule has 0 radical (unpaired) electrons. The lowest BCUT2D eigenvalue weighted by molar-refractivity contribution is -0.138. The molecule has 1 saturated carbocycles. The fourth-order valence-corrected chi connectivity index (χ4v) is 6.39. The van der Waals surface area contributed by atoms with E-state index in [0.717, 1.165) is 43.2 Å². The van der Waals surface area contributed by atoms with Crippen LogP contribution in [-0.2, 0) is 24.3 Å². The number of carboxylic acid groups (broad SMARTS) is 1. The van der Waals surface area contributed by atoms with Gasteiger partial charge in [0.05, 0.1) is 35.9 Å². The van der Waals surface area contributed by atoms with Crippen molar-refractivity contribution in [2.75, 3.05) is 18.8 Å². The summed E-state index contributed by atoms with van der Waals surface area (Å²) < 4.78 is 34.3. The second kappa shape index (κ2) is 14.7. The van der Waals surface area contributed by atoms with Crippen molar-refractivity contribution in [1.82, 2.24) is 15.0 Å². The number of amides is 1. The largest absolute Gasteiger partial charge is 0.481 e. The van der Waals surface area contributed by atoms with Crippen LogP contribution >= 0.6 is 0 Å². The molecular weight excluding hydrogens is 558 g/mol. The highest BCUT2D eigenvalue weighted by Gasteiger charge is 2.47. The number of aromatic nitrogens is 1. The van der Waals surface area contributed by atoms with Crippen LogP contribution in [0.2, 0.25) is 0 Å². The van der Waals surface area contributed by atoms with Gasteiger partial charge < -0.3 is 20.3 Å². The van der Waals surface area contributed by atoms with Crippen LogP contribution in [0.5, 0.6) is 0 Å². The van der Waals surface area contributed by atoms with E-state index >= 15 is 0 Å². The molecule has 2 unspecified atom stereocenters. The van der Waals surface area contributed by atoms with Gasteiger partial charge in [0.2, 0.25) is 15.9 Å². The van der Waals surface area contributed by atoms with E-state index in [1.165, 1.54) is 0 Å². The summed E-state index contributed by atoms with van der Waals surface area (Å²) in [7, 11) is -4.22. The minimum absolute atomic E-state index is 0.0836. The van der Waals surface area contributed by atoms with Crippen LogP contribution in [0.3, 0.4) is 0 Å². The minimum Gasteiger partial charge on any atom is -0.481 e. The van der Waals surface area contributed by atoms with Gasteiger partial charge in [0.15, 0.2) is 0 Å². The number of aliphatic hydroxyl groups excluding tert-OH is 1. The predicted octanol–water partition coefficient (Wildman–Crippen LogP) is 3.37. The van der Waals surface area contributed by atoms with Crippen molar-refractivity contribution in [2.24, 2.45) is 5.41 Å². The van der Waals surface area contributed by atoms with Gasteiger partial charge in [-0.05, 0) is 49.1 Å². The van der Waals surface area contributed by atoms with Gasteiger partial charge in [-0.3, -0.25) is 19.3 Å². The van der Waals surface area contributed by atoms with Gasteiger partial charge in [0, 0.05) is 24.5 Å². The van der Waals surface area contributed by atoms with Crippen LogP contribution in [0, 0.1) is 5.41 Å². The fourth-order valence-electron chi connectivity index (χ4n) is 5.37. The molecule has 1 aromatic heterocycles. The standard InChI is InChI=1S/C31H39N3O7S/c35-27(25-10-7-17-32-21-25)22-33-18-16-31(30(38)34-42(39,40)19-14-29(36)37)15-13-24(23-8-3-1-4-9-23)20-28(31)41-26-11-5-2-6-12-26/h1,3-4,7-10,13,15,17,20-21,26-28,33,35H,2,5-6,11-12,14,16,18-19,22H2,(H,34,38)(H,36,37)/t27-,28?,31?/m0/s1. The maximum absolute atomic E-state index is 13.9. The molecule has 11 heteroatoms. The maximum Gasteiger partial charge on any atom is 0.304 e. The summed E-state index contributed by atoms with van der Waals surface area (Å²) in [6.45, 7) is 0.465. The first-order valence-corrected chi connectivity index (χ1v) is 16.0. The van der Waals surface area contributed by atoms with Gasteiger partial charge in [-0.1, -0.05) is 67.8 Å². The van der Waals surface area contributed by atoms with Gasteiger partial charge >= 0.3 is 5.97 Å². The second-order valence-corrected chi connectivity index (χ2v) is 12.7. The molecule has 0 saturated heterocycles. The highest BCUT2D eigenvalue weighted by molar-refractivity contribution is 7.90. The van der Waals surface area contributed by atoms with Crippen molar-refractivity contribution >= 4 is 27.5 Å². The number of allylic oxidation sites excluding steroid dienone is 2. The molecule has 1 aromatic carbocycles. The first-order valence-electron chi connectivity index (χ1n) is 14.4. The van der Waals surface area contributed by atoms with Crippen molar-refractivity contribution in [3.63, 3.8) is 0 Å². The average molecular weight is 598 g/mol. The number of nitrogens with zero attached hydrogens (tertiary/aromatic N) is 1. The van der Waals surface area contributed by atoms with E-state index in [1.807, 2.05) is 42.5 Å². The summed E-state index contributed by atoms with van der Waals surface area (Å²) in [6, 6.07) is 13.2.